The highest BCUT2D eigenvalue weighted by atomic mass is 32.2. The molecule has 0 spiro atoms. The molecule has 212 valence electrons. The summed E-state index contributed by atoms with van der Waals surface area (Å²) in [6, 6.07) is 5.77. The molecule has 1 fully saturated rings. The van der Waals surface area contributed by atoms with Crippen molar-refractivity contribution in [2.45, 2.75) is 17.9 Å². The highest BCUT2D eigenvalue weighted by molar-refractivity contribution is 7.89. The molecular formula is C27H23F3N6O4S. The van der Waals surface area contributed by atoms with E-state index in [2.05, 4.69) is 16.5 Å². The summed E-state index contributed by atoms with van der Waals surface area (Å²) in [5.41, 5.74) is -2.55. The molecule has 1 aliphatic rings. The number of hydrogen-bond donors (Lipinski definition) is 1. The van der Waals surface area contributed by atoms with E-state index in [4.69, 9.17) is 5.14 Å². The summed E-state index contributed by atoms with van der Waals surface area (Å²) in [4.78, 5) is 36.6. The number of sulfonamides is 1. The van der Waals surface area contributed by atoms with E-state index in [0.29, 0.717) is 0 Å². The maximum atomic E-state index is 15.7. The van der Waals surface area contributed by atoms with E-state index < -0.39 is 49.2 Å². The number of primary sulfonamides is 1. The van der Waals surface area contributed by atoms with E-state index in [9.17, 15) is 26.8 Å². The minimum absolute atomic E-state index is 0.0416. The number of aromatic nitrogens is 3. The second kappa shape index (κ2) is 10.4. The number of amides is 1. The van der Waals surface area contributed by atoms with Crippen LogP contribution >= 0.6 is 0 Å². The first-order chi connectivity index (χ1) is 19.4. The Morgan fingerprint density at radius 1 is 1.12 bits per heavy atom. The lowest BCUT2D eigenvalue weighted by Gasteiger charge is -2.40. The average Bonchev–Trinajstić information content (AvgIpc) is 2.92. The number of anilines is 1. The summed E-state index contributed by atoms with van der Waals surface area (Å²) in [5.74, 6) is -3.34. The monoisotopic (exact) mass is 584 g/mol. The Labute approximate surface area is 232 Å². The normalized spacial score (nSPS) is 15.8. The fourth-order valence-electron chi connectivity index (χ4n) is 5.01. The largest absolute Gasteiger partial charge is 0.354 e. The number of nitrogens with zero attached hydrogens (tertiary/aromatic N) is 5. The number of halogens is 3. The lowest BCUT2D eigenvalue weighted by Crippen LogP contribution is -2.54. The first-order valence-corrected chi connectivity index (χ1v) is 13.8. The first-order valence-electron chi connectivity index (χ1n) is 12.3. The van der Waals surface area contributed by atoms with E-state index >= 15 is 4.39 Å². The van der Waals surface area contributed by atoms with E-state index in [1.807, 2.05) is 0 Å². The predicted molar refractivity (Wildman–Crippen MR) is 145 cm³/mol. The molecule has 0 radical (unpaired) electrons. The Bertz CT molecular complexity index is 1880. The first kappa shape index (κ1) is 28.0. The van der Waals surface area contributed by atoms with E-state index in [1.54, 1.807) is 16.7 Å². The number of benzene rings is 2. The van der Waals surface area contributed by atoms with E-state index in [1.165, 1.54) is 6.08 Å². The van der Waals surface area contributed by atoms with Crippen molar-refractivity contribution in [3.63, 3.8) is 0 Å². The summed E-state index contributed by atoms with van der Waals surface area (Å²) < 4.78 is 70.8. The van der Waals surface area contributed by atoms with Gasteiger partial charge in [0, 0.05) is 42.8 Å². The minimum atomic E-state index is -4.38. The zero-order valence-electron chi connectivity index (χ0n) is 21.6. The molecule has 1 saturated heterocycles. The van der Waals surface area contributed by atoms with Crippen molar-refractivity contribution >= 4 is 32.7 Å². The number of pyridine rings is 1. The smallest absolute Gasteiger partial charge is 0.350 e. The van der Waals surface area contributed by atoms with Crippen LogP contribution in [0.3, 0.4) is 0 Å². The number of hydrogen-bond acceptors (Lipinski definition) is 7. The third-order valence-electron chi connectivity index (χ3n) is 6.89. The van der Waals surface area contributed by atoms with Gasteiger partial charge in [0.1, 0.15) is 28.2 Å². The third-order valence-corrected chi connectivity index (χ3v) is 7.84. The zero-order valence-corrected chi connectivity index (χ0v) is 22.4. The minimum Gasteiger partial charge on any atom is -0.350 e. The Morgan fingerprint density at radius 3 is 2.46 bits per heavy atom. The Balaban J connectivity index is 1.83. The van der Waals surface area contributed by atoms with Gasteiger partial charge in [-0.3, -0.25) is 14.3 Å². The maximum absolute atomic E-state index is 15.7. The molecule has 14 heteroatoms. The molecule has 0 saturated carbocycles. The molecule has 10 nitrogen and oxygen atoms in total. The van der Waals surface area contributed by atoms with Crippen LogP contribution in [0.25, 0.3) is 27.7 Å². The van der Waals surface area contributed by atoms with E-state index in [-0.39, 0.29) is 54.0 Å². The molecule has 0 bridgehead atoms. The molecule has 0 aliphatic carbocycles. The summed E-state index contributed by atoms with van der Waals surface area (Å²) in [7, 11) is -4.38. The van der Waals surface area contributed by atoms with E-state index in [0.717, 1.165) is 53.4 Å². The van der Waals surface area contributed by atoms with Crippen LogP contribution in [-0.4, -0.2) is 59.4 Å². The SMILES string of the molecule is C=CC(=O)N1CCN(c2nc(=O)n(-c3cnccc3S(N)(=O)=O)c3cc(-c4c(F)cccc4F)c(F)cc23)[C@@H](C)C1. The topological polar surface area (TPSA) is 131 Å². The number of carbonyl (C=O) groups excluding carboxylic acids is 1. The highest BCUT2D eigenvalue weighted by Gasteiger charge is 2.30. The number of rotatable bonds is 5. The van der Waals surface area contributed by atoms with Crippen LogP contribution < -0.4 is 15.7 Å². The van der Waals surface area contributed by atoms with Crippen molar-refractivity contribution in [1.29, 1.82) is 0 Å². The Hall–Kier alpha value is -4.56. The van der Waals surface area contributed by atoms with Gasteiger partial charge in [-0.05, 0) is 43.3 Å². The molecule has 1 atom stereocenters. The molecule has 3 heterocycles. The fourth-order valence-corrected chi connectivity index (χ4v) is 5.70. The molecule has 2 aromatic heterocycles. The summed E-state index contributed by atoms with van der Waals surface area (Å²) >= 11 is 0. The van der Waals surface area contributed by atoms with Gasteiger partial charge in [-0.15, -0.1) is 0 Å². The van der Waals surface area contributed by atoms with Gasteiger partial charge in [0.15, 0.2) is 0 Å². The third kappa shape index (κ3) is 4.95. The molecule has 2 aromatic carbocycles. The summed E-state index contributed by atoms with van der Waals surface area (Å²) in [6.45, 7) is 5.99. The zero-order chi connectivity index (χ0) is 29.6. The molecule has 1 amide bonds. The van der Waals surface area contributed by atoms with Gasteiger partial charge in [-0.2, -0.15) is 4.98 Å². The lowest BCUT2D eigenvalue weighted by molar-refractivity contribution is -0.126. The van der Waals surface area contributed by atoms with Crippen LogP contribution in [0, 0.1) is 17.5 Å². The molecule has 4 aromatic rings. The van der Waals surface area contributed by atoms with Gasteiger partial charge in [-0.1, -0.05) is 12.6 Å². The second-order valence-corrected chi connectivity index (χ2v) is 10.9. The van der Waals surface area contributed by atoms with Crippen LogP contribution in [0.1, 0.15) is 6.92 Å². The van der Waals surface area contributed by atoms with Crippen LogP contribution in [0.5, 0.6) is 0 Å². The van der Waals surface area contributed by atoms with Crippen LogP contribution in [-0.2, 0) is 14.8 Å². The van der Waals surface area contributed by atoms with Crippen molar-refractivity contribution in [1.82, 2.24) is 19.4 Å². The highest BCUT2D eigenvalue weighted by Crippen LogP contribution is 2.36. The molecule has 41 heavy (non-hydrogen) atoms. The number of nitrogens with two attached hydrogens (primary N) is 1. The maximum Gasteiger partial charge on any atom is 0.354 e. The van der Waals surface area contributed by atoms with Crippen molar-refractivity contribution < 1.29 is 26.4 Å². The van der Waals surface area contributed by atoms with Crippen LogP contribution in [0.15, 0.2) is 71.1 Å². The van der Waals surface area contributed by atoms with Gasteiger partial charge in [0.2, 0.25) is 15.9 Å². The van der Waals surface area contributed by atoms with Crippen molar-refractivity contribution in [2.24, 2.45) is 5.14 Å². The van der Waals surface area contributed by atoms with Gasteiger partial charge in [-0.25, -0.2) is 31.5 Å². The number of fused-ring (bicyclic) bond motifs is 1. The lowest BCUT2D eigenvalue weighted by atomic mass is 10.0. The Kier molecular flexibility index (Phi) is 7.13. The second-order valence-electron chi connectivity index (χ2n) is 9.42. The molecule has 0 unspecified atom stereocenters. The number of piperazine rings is 1. The number of carbonyl (C=O) groups is 1. The Morgan fingerprint density at radius 2 is 1.83 bits per heavy atom. The van der Waals surface area contributed by atoms with Gasteiger partial charge in [0.25, 0.3) is 0 Å². The predicted octanol–water partition coefficient (Wildman–Crippen LogP) is 2.74. The van der Waals surface area contributed by atoms with Crippen molar-refractivity contribution in [2.75, 3.05) is 24.5 Å². The molecule has 5 rings (SSSR count). The van der Waals surface area contributed by atoms with Gasteiger partial charge < -0.3 is 9.80 Å². The average molecular weight is 585 g/mol. The molecular weight excluding hydrogens is 561 g/mol. The van der Waals surface area contributed by atoms with Gasteiger partial charge >= 0.3 is 5.69 Å². The fraction of sp³-hybridized carbons (Fsp3) is 0.185. The summed E-state index contributed by atoms with van der Waals surface area (Å²) in [6.07, 6.45) is 3.41. The van der Waals surface area contributed by atoms with Crippen molar-refractivity contribution in [3.05, 3.63) is 89.4 Å². The quantitative estimate of drug-likeness (QED) is 0.357. The van der Waals surface area contributed by atoms with Crippen LogP contribution in [0.4, 0.5) is 19.0 Å². The standard InChI is InChI=1S/C27H23F3N6O4S/c1-3-24(37)34-9-10-35(15(2)14-34)26-17-11-20(30)16(25-18(28)5-4-6-19(25)29)12-21(17)36(27(38)33-26)22-13-32-8-7-23(22)41(31,39)40/h3-8,11-13,15H,1,9-10,14H2,2H3,(H2,31,39,40)/t15-/m0/s1. The van der Waals surface area contributed by atoms with Crippen molar-refractivity contribution in [3.8, 4) is 16.8 Å². The van der Waals surface area contributed by atoms with Gasteiger partial charge in [0.05, 0.1) is 23.0 Å². The van der Waals surface area contributed by atoms with Crippen LogP contribution in [0.2, 0.25) is 0 Å². The molecule has 2 N–H and O–H groups in total. The molecule has 1 aliphatic heterocycles. The summed E-state index contributed by atoms with van der Waals surface area (Å²) in [5, 5.41) is 5.43.